The molecule has 3 saturated carbocycles. The molecule has 0 bridgehead atoms. The smallest absolute Gasteiger partial charge is 0.0431 e. The normalized spacial score (nSPS) is 39.6. The summed E-state index contributed by atoms with van der Waals surface area (Å²) in [5.41, 5.74) is 2.91. The van der Waals surface area contributed by atoms with Gasteiger partial charge in [-0.1, -0.05) is 78.4 Å². The Hall–Kier alpha value is -0.340. The van der Waals surface area contributed by atoms with Crippen molar-refractivity contribution >= 4 is 0 Å². The fourth-order valence-electron chi connectivity index (χ4n) is 9.79. The average Bonchev–Trinajstić information content (AvgIpc) is 3.18. The molecule has 0 radical (unpaired) electrons. The van der Waals surface area contributed by atoms with Crippen molar-refractivity contribution in [1.29, 1.82) is 0 Å². The third-order valence-corrected chi connectivity index (χ3v) is 11.8. The van der Waals surface area contributed by atoms with E-state index in [0.717, 1.165) is 48.5 Å². The number of hydrogen-bond acceptors (Lipinski definition) is 2. The van der Waals surface area contributed by atoms with Gasteiger partial charge in [0.2, 0.25) is 0 Å². The minimum absolute atomic E-state index is 0.348. The van der Waals surface area contributed by atoms with Gasteiger partial charge in [0.25, 0.3) is 0 Å². The molecule has 202 valence electrons. The van der Waals surface area contributed by atoms with Gasteiger partial charge in [-0.3, -0.25) is 0 Å². The first-order valence-corrected chi connectivity index (χ1v) is 15.8. The molecule has 0 aliphatic heterocycles. The van der Waals surface area contributed by atoms with Gasteiger partial charge in [0, 0.05) is 12.6 Å². The Bertz CT molecular complexity index is 699. The van der Waals surface area contributed by atoms with Crippen LogP contribution in [0.3, 0.4) is 0 Å². The highest BCUT2D eigenvalue weighted by atomic mass is 16.2. The maximum atomic E-state index is 8.97. The lowest BCUT2D eigenvalue weighted by Crippen LogP contribution is -2.51. The maximum Gasteiger partial charge on any atom is 0.0431 e. The zero-order valence-electron chi connectivity index (χ0n) is 24.1. The van der Waals surface area contributed by atoms with Crippen LogP contribution in [0.25, 0.3) is 0 Å². The highest BCUT2D eigenvalue weighted by Gasteiger charge is 2.59. The first-order valence-electron chi connectivity index (χ1n) is 15.8. The monoisotopic (exact) mass is 485 g/mol. The number of aliphatic hydroxyl groups excluding tert-OH is 1. The number of aliphatic hydroxyl groups is 1. The van der Waals surface area contributed by atoms with Crippen LogP contribution in [0, 0.1) is 46.3 Å². The van der Waals surface area contributed by atoms with E-state index in [0.29, 0.717) is 23.5 Å². The van der Waals surface area contributed by atoms with E-state index in [1.54, 1.807) is 0 Å². The zero-order chi connectivity index (χ0) is 25.1. The van der Waals surface area contributed by atoms with E-state index in [9.17, 15) is 0 Å². The van der Waals surface area contributed by atoms with Crippen LogP contribution in [0.1, 0.15) is 131 Å². The zero-order valence-corrected chi connectivity index (χ0v) is 24.1. The van der Waals surface area contributed by atoms with Gasteiger partial charge < -0.3 is 10.4 Å². The molecule has 0 amide bonds. The minimum Gasteiger partial charge on any atom is -0.396 e. The molecule has 35 heavy (non-hydrogen) atoms. The Labute approximate surface area is 218 Å². The molecule has 2 heteroatoms. The third kappa shape index (κ3) is 5.89. The number of fused-ring (bicyclic) bond motifs is 5. The summed E-state index contributed by atoms with van der Waals surface area (Å²) in [5, 5.41) is 12.8. The summed E-state index contributed by atoms with van der Waals surface area (Å²) in [6.45, 7) is 14.3. The quantitative estimate of drug-likeness (QED) is 0.214. The summed E-state index contributed by atoms with van der Waals surface area (Å²) in [5.74, 6) is 5.67. The molecule has 3 fully saturated rings. The molecule has 0 heterocycles. The maximum absolute atomic E-state index is 8.97. The van der Waals surface area contributed by atoms with Gasteiger partial charge in [0.1, 0.15) is 0 Å². The Morgan fingerprint density at radius 2 is 1.69 bits per heavy atom. The second-order valence-electron chi connectivity index (χ2n) is 14.3. The molecule has 4 rings (SSSR count). The van der Waals surface area contributed by atoms with Gasteiger partial charge in [-0.05, 0) is 117 Å². The molecule has 2 N–H and O–H groups in total. The Morgan fingerprint density at radius 1 is 0.886 bits per heavy atom. The molecule has 4 aliphatic carbocycles. The number of unbranched alkanes of at least 4 members (excludes halogenated alkanes) is 3. The molecule has 2 nitrogen and oxygen atoms in total. The van der Waals surface area contributed by atoms with E-state index >= 15 is 0 Å². The van der Waals surface area contributed by atoms with E-state index in [4.69, 9.17) is 5.11 Å². The molecule has 0 aromatic rings. The number of hydrogen-bond donors (Lipinski definition) is 2. The first kappa shape index (κ1) is 27.7. The molecule has 0 aromatic heterocycles. The lowest BCUT2D eigenvalue weighted by molar-refractivity contribution is -0.0599. The largest absolute Gasteiger partial charge is 0.396 e. The van der Waals surface area contributed by atoms with Crippen molar-refractivity contribution in [2.24, 2.45) is 46.3 Å². The summed E-state index contributed by atoms with van der Waals surface area (Å²) in [7, 11) is 0. The minimum atomic E-state index is 0.348. The lowest BCUT2D eigenvalue weighted by atomic mass is 9.46. The van der Waals surface area contributed by atoms with Crippen molar-refractivity contribution in [2.45, 2.75) is 137 Å². The van der Waals surface area contributed by atoms with Gasteiger partial charge in [-0.15, -0.1) is 0 Å². The van der Waals surface area contributed by atoms with E-state index in [2.05, 4.69) is 46.0 Å². The number of allylic oxidation sites excluding steroid dienone is 1. The molecular formula is C33H59NO. The standard InChI is InChI=1S/C33H59NO/c1-24(2)11-10-12-25(3)29-15-16-30-28-14-13-26-23-27(34-21-8-6-7-9-22-35)17-19-32(26,4)31(28)18-20-33(29,30)5/h23-25,27-31,34-35H,6-22H2,1-5H3/t25-,27+,28+,29-,30+,31+,32+,33-/m1/s1. The van der Waals surface area contributed by atoms with Crippen molar-refractivity contribution < 1.29 is 5.11 Å². The van der Waals surface area contributed by atoms with Gasteiger partial charge in [0.15, 0.2) is 0 Å². The van der Waals surface area contributed by atoms with Crippen molar-refractivity contribution in [3.05, 3.63) is 11.6 Å². The predicted octanol–water partition coefficient (Wildman–Crippen LogP) is 8.54. The lowest BCUT2D eigenvalue weighted by Gasteiger charge is -2.59. The van der Waals surface area contributed by atoms with Crippen LogP contribution in [0.15, 0.2) is 11.6 Å². The van der Waals surface area contributed by atoms with Crippen LogP contribution in [-0.4, -0.2) is 24.3 Å². The first-order chi connectivity index (χ1) is 16.8. The molecular weight excluding hydrogens is 426 g/mol. The average molecular weight is 486 g/mol. The van der Waals surface area contributed by atoms with Crippen LogP contribution in [0.4, 0.5) is 0 Å². The number of rotatable bonds is 12. The van der Waals surface area contributed by atoms with E-state index in [1.807, 2.05) is 5.57 Å². The van der Waals surface area contributed by atoms with Crippen LogP contribution in [0.5, 0.6) is 0 Å². The van der Waals surface area contributed by atoms with Crippen molar-refractivity contribution in [3.8, 4) is 0 Å². The molecule has 4 aliphatic rings. The van der Waals surface area contributed by atoms with E-state index in [-0.39, 0.29) is 0 Å². The van der Waals surface area contributed by atoms with Crippen LogP contribution in [-0.2, 0) is 0 Å². The Kier molecular flexibility index (Phi) is 9.51. The van der Waals surface area contributed by atoms with E-state index in [1.165, 1.54) is 89.9 Å². The van der Waals surface area contributed by atoms with Gasteiger partial charge >= 0.3 is 0 Å². The molecule has 0 unspecified atom stereocenters. The second kappa shape index (κ2) is 12.0. The van der Waals surface area contributed by atoms with Crippen molar-refractivity contribution in [3.63, 3.8) is 0 Å². The summed E-state index contributed by atoms with van der Waals surface area (Å²) in [6, 6.07) is 0.601. The van der Waals surface area contributed by atoms with Gasteiger partial charge in [0.05, 0.1) is 0 Å². The van der Waals surface area contributed by atoms with Gasteiger partial charge in [-0.2, -0.15) is 0 Å². The summed E-state index contributed by atoms with van der Waals surface area (Å²) < 4.78 is 0. The van der Waals surface area contributed by atoms with E-state index < -0.39 is 0 Å². The fourth-order valence-corrected chi connectivity index (χ4v) is 9.79. The van der Waals surface area contributed by atoms with Crippen molar-refractivity contribution in [1.82, 2.24) is 5.32 Å². The van der Waals surface area contributed by atoms with Crippen molar-refractivity contribution in [2.75, 3.05) is 13.2 Å². The van der Waals surface area contributed by atoms with Crippen LogP contribution in [0.2, 0.25) is 0 Å². The summed E-state index contributed by atoms with van der Waals surface area (Å²) in [4.78, 5) is 0. The molecule has 0 saturated heterocycles. The fraction of sp³-hybridized carbons (Fsp3) is 0.939. The highest BCUT2D eigenvalue weighted by molar-refractivity contribution is 5.26. The van der Waals surface area contributed by atoms with Crippen LogP contribution >= 0.6 is 0 Å². The summed E-state index contributed by atoms with van der Waals surface area (Å²) in [6.07, 6.45) is 23.2. The number of nitrogens with one attached hydrogen (secondary N) is 1. The third-order valence-electron chi connectivity index (χ3n) is 11.8. The Balaban J connectivity index is 1.35. The molecule has 0 spiro atoms. The SMILES string of the molecule is CC(C)CCC[C@@H](C)[C@H]1CC[C@H]2[C@@H]3CCC4=C[C@@H](NCCCCCCO)CC[C@]4(C)[C@H]3CC[C@]12C. The summed E-state index contributed by atoms with van der Waals surface area (Å²) >= 11 is 0. The topological polar surface area (TPSA) is 32.3 Å². The molecule has 8 atom stereocenters. The predicted molar refractivity (Wildman–Crippen MR) is 150 cm³/mol. The second-order valence-corrected chi connectivity index (χ2v) is 14.3. The van der Waals surface area contributed by atoms with Gasteiger partial charge in [-0.25, -0.2) is 0 Å². The van der Waals surface area contributed by atoms with Crippen LogP contribution < -0.4 is 5.32 Å². The highest BCUT2D eigenvalue weighted by Crippen LogP contribution is 2.67. The molecule has 0 aromatic carbocycles. The Morgan fingerprint density at radius 3 is 2.46 bits per heavy atom.